The SMILES string of the molecule is CCC(N)n1cc(CCNC(C)=O)c2cc(OC)ccc21. The zero-order valence-corrected chi connectivity index (χ0v) is 12.8. The molecule has 2 rings (SSSR count). The molecule has 0 saturated carbocycles. The quantitative estimate of drug-likeness (QED) is 0.856. The molecule has 3 N–H and O–H groups in total. The maximum Gasteiger partial charge on any atom is 0.216 e. The summed E-state index contributed by atoms with van der Waals surface area (Å²) in [6, 6.07) is 6.00. The minimum atomic E-state index is -0.0459. The van der Waals surface area contributed by atoms with Gasteiger partial charge in [-0.1, -0.05) is 6.92 Å². The van der Waals surface area contributed by atoms with E-state index in [1.807, 2.05) is 18.2 Å². The van der Waals surface area contributed by atoms with Gasteiger partial charge in [-0.25, -0.2) is 0 Å². The summed E-state index contributed by atoms with van der Waals surface area (Å²) in [4.78, 5) is 11.0. The molecule has 21 heavy (non-hydrogen) atoms. The van der Waals surface area contributed by atoms with Crippen LogP contribution in [0.15, 0.2) is 24.4 Å². The molecule has 0 saturated heterocycles. The lowest BCUT2D eigenvalue weighted by molar-refractivity contribution is -0.118. The Hall–Kier alpha value is -2.01. The van der Waals surface area contributed by atoms with Gasteiger partial charge in [0, 0.05) is 30.6 Å². The Morgan fingerprint density at radius 2 is 2.24 bits per heavy atom. The van der Waals surface area contributed by atoms with E-state index in [2.05, 4.69) is 23.0 Å². The smallest absolute Gasteiger partial charge is 0.216 e. The average molecular weight is 289 g/mol. The third-order valence-electron chi connectivity index (χ3n) is 3.67. The number of hydrogen-bond donors (Lipinski definition) is 2. The molecule has 1 unspecified atom stereocenters. The van der Waals surface area contributed by atoms with Gasteiger partial charge < -0.3 is 20.4 Å². The van der Waals surface area contributed by atoms with Crippen LogP contribution in [0.2, 0.25) is 0 Å². The van der Waals surface area contributed by atoms with Gasteiger partial charge in [0.15, 0.2) is 0 Å². The molecule has 1 heterocycles. The van der Waals surface area contributed by atoms with Crippen molar-refractivity contribution < 1.29 is 9.53 Å². The van der Waals surface area contributed by atoms with Gasteiger partial charge in [-0.15, -0.1) is 0 Å². The summed E-state index contributed by atoms with van der Waals surface area (Å²) in [5.41, 5.74) is 8.45. The van der Waals surface area contributed by atoms with Gasteiger partial charge >= 0.3 is 0 Å². The van der Waals surface area contributed by atoms with E-state index in [9.17, 15) is 4.79 Å². The first-order chi connectivity index (χ1) is 10.1. The van der Waals surface area contributed by atoms with E-state index in [1.54, 1.807) is 7.11 Å². The van der Waals surface area contributed by atoms with E-state index in [-0.39, 0.29) is 12.1 Å². The van der Waals surface area contributed by atoms with Gasteiger partial charge in [0.25, 0.3) is 0 Å². The maximum atomic E-state index is 11.0. The van der Waals surface area contributed by atoms with Crippen molar-refractivity contribution in [3.63, 3.8) is 0 Å². The Morgan fingerprint density at radius 3 is 2.86 bits per heavy atom. The van der Waals surface area contributed by atoms with Crippen molar-refractivity contribution in [2.75, 3.05) is 13.7 Å². The molecule has 0 bridgehead atoms. The second-order valence-electron chi connectivity index (χ2n) is 5.15. The topological polar surface area (TPSA) is 69.3 Å². The zero-order valence-electron chi connectivity index (χ0n) is 12.8. The number of nitrogens with one attached hydrogen (secondary N) is 1. The highest BCUT2D eigenvalue weighted by molar-refractivity contribution is 5.85. The molecule has 0 spiro atoms. The van der Waals surface area contributed by atoms with E-state index >= 15 is 0 Å². The van der Waals surface area contributed by atoms with Gasteiger partial charge in [-0.05, 0) is 36.6 Å². The monoisotopic (exact) mass is 289 g/mol. The maximum absolute atomic E-state index is 11.0. The van der Waals surface area contributed by atoms with Crippen LogP contribution in [0.5, 0.6) is 5.75 Å². The second kappa shape index (κ2) is 6.63. The fourth-order valence-corrected chi connectivity index (χ4v) is 2.47. The number of aromatic nitrogens is 1. The first kappa shape index (κ1) is 15.4. The zero-order chi connectivity index (χ0) is 15.4. The van der Waals surface area contributed by atoms with Crippen LogP contribution in [-0.2, 0) is 11.2 Å². The van der Waals surface area contributed by atoms with Crippen LogP contribution in [0.3, 0.4) is 0 Å². The Morgan fingerprint density at radius 1 is 1.48 bits per heavy atom. The number of nitrogens with zero attached hydrogens (tertiary/aromatic N) is 1. The van der Waals surface area contributed by atoms with Gasteiger partial charge in [-0.2, -0.15) is 0 Å². The summed E-state index contributed by atoms with van der Waals surface area (Å²) < 4.78 is 7.40. The average Bonchev–Trinajstić information content (AvgIpc) is 2.84. The number of carbonyl (C=O) groups excluding carboxylic acids is 1. The second-order valence-corrected chi connectivity index (χ2v) is 5.15. The number of ether oxygens (including phenoxy) is 1. The Labute approximate surface area is 125 Å². The van der Waals surface area contributed by atoms with Crippen molar-refractivity contribution >= 4 is 16.8 Å². The van der Waals surface area contributed by atoms with Gasteiger partial charge in [0.05, 0.1) is 13.3 Å². The molecule has 2 aromatic rings. The highest BCUT2D eigenvalue weighted by Crippen LogP contribution is 2.28. The Kier molecular flexibility index (Phi) is 4.85. The van der Waals surface area contributed by atoms with Crippen LogP contribution in [0.25, 0.3) is 10.9 Å². The lowest BCUT2D eigenvalue weighted by Gasteiger charge is -2.12. The molecule has 0 fully saturated rings. The van der Waals surface area contributed by atoms with E-state index in [1.165, 1.54) is 12.5 Å². The number of nitrogens with two attached hydrogens (primary N) is 1. The van der Waals surface area contributed by atoms with Crippen LogP contribution in [0.4, 0.5) is 0 Å². The molecule has 0 aliphatic carbocycles. The minimum Gasteiger partial charge on any atom is -0.497 e. The van der Waals surface area contributed by atoms with Crippen molar-refractivity contribution in [1.82, 2.24) is 9.88 Å². The number of amides is 1. The fraction of sp³-hybridized carbons (Fsp3) is 0.438. The summed E-state index contributed by atoms with van der Waals surface area (Å²) in [5, 5.41) is 3.96. The highest BCUT2D eigenvalue weighted by atomic mass is 16.5. The molecular weight excluding hydrogens is 266 g/mol. The Balaban J connectivity index is 2.39. The van der Waals surface area contributed by atoms with Crippen molar-refractivity contribution in [3.05, 3.63) is 30.0 Å². The number of fused-ring (bicyclic) bond motifs is 1. The number of methoxy groups -OCH3 is 1. The molecule has 0 aliphatic heterocycles. The first-order valence-corrected chi connectivity index (χ1v) is 7.24. The van der Waals surface area contributed by atoms with Crippen LogP contribution < -0.4 is 15.8 Å². The van der Waals surface area contributed by atoms with Crippen LogP contribution in [-0.4, -0.2) is 24.1 Å². The number of carbonyl (C=O) groups is 1. The molecule has 114 valence electrons. The number of hydrogen-bond acceptors (Lipinski definition) is 3. The lowest BCUT2D eigenvalue weighted by atomic mass is 10.1. The number of rotatable bonds is 6. The largest absolute Gasteiger partial charge is 0.497 e. The molecule has 5 heteroatoms. The van der Waals surface area contributed by atoms with Crippen molar-refractivity contribution in [2.24, 2.45) is 5.73 Å². The van der Waals surface area contributed by atoms with E-state index in [4.69, 9.17) is 10.5 Å². The van der Waals surface area contributed by atoms with Crippen molar-refractivity contribution in [3.8, 4) is 5.75 Å². The van der Waals surface area contributed by atoms with Crippen LogP contribution >= 0.6 is 0 Å². The standard InChI is InChI=1S/C16H23N3O2/c1-4-16(17)19-10-12(7-8-18-11(2)20)14-9-13(21-3)5-6-15(14)19/h5-6,9-10,16H,4,7-8,17H2,1-3H3,(H,18,20). The van der Waals surface area contributed by atoms with E-state index in [0.717, 1.165) is 29.5 Å². The lowest BCUT2D eigenvalue weighted by Crippen LogP contribution is -2.22. The first-order valence-electron chi connectivity index (χ1n) is 7.24. The summed E-state index contributed by atoms with van der Waals surface area (Å²) in [6.07, 6.45) is 3.67. The molecule has 5 nitrogen and oxygen atoms in total. The highest BCUT2D eigenvalue weighted by Gasteiger charge is 2.13. The van der Waals surface area contributed by atoms with Crippen LogP contribution in [0, 0.1) is 0 Å². The van der Waals surface area contributed by atoms with Crippen LogP contribution in [0.1, 0.15) is 32.0 Å². The van der Waals surface area contributed by atoms with Gasteiger partial charge in [-0.3, -0.25) is 4.79 Å². The molecule has 1 aromatic heterocycles. The van der Waals surface area contributed by atoms with Crippen molar-refractivity contribution in [2.45, 2.75) is 32.9 Å². The predicted octanol–water partition coefficient (Wildman–Crippen LogP) is 2.20. The molecule has 1 amide bonds. The normalized spacial score (nSPS) is 12.4. The third-order valence-corrected chi connectivity index (χ3v) is 3.67. The van der Waals surface area contributed by atoms with Gasteiger partial charge in [0.1, 0.15) is 5.75 Å². The predicted molar refractivity (Wildman–Crippen MR) is 84.4 cm³/mol. The summed E-state index contributed by atoms with van der Waals surface area (Å²) in [5.74, 6) is 0.813. The van der Waals surface area contributed by atoms with Gasteiger partial charge in [0.2, 0.25) is 5.91 Å². The molecule has 0 aliphatic rings. The fourth-order valence-electron chi connectivity index (χ4n) is 2.47. The summed E-state index contributed by atoms with van der Waals surface area (Å²) in [6.45, 7) is 4.21. The van der Waals surface area contributed by atoms with E-state index in [0.29, 0.717) is 6.54 Å². The third kappa shape index (κ3) is 3.36. The molecule has 1 atom stereocenters. The molecule has 1 aromatic carbocycles. The van der Waals surface area contributed by atoms with Crippen molar-refractivity contribution in [1.29, 1.82) is 0 Å². The Bertz CT molecular complexity index is 634. The minimum absolute atomic E-state index is 0.0124. The molecular formula is C16H23N3O2. The molecule has 0 radical (unpaired) electrons. The summed E-state index contributed by atoms with van der Waals surface area (Å²) >= 11 is 0. The van der Waals surface area contributed by atoms with E-state index < -0.39 is 0 Å². The number of benzene rings is 1. The summed E-state index contributed by atoms with van der Waals surface area (Å²) in [7, 11) is 1.66.